The van der Waals surface area contributed by atoms with Gasteiger partial charge in [0.05, 0.1) is 12.7 Å². The SMILES string of the molecule is COc1ccc(C)cc1C(=O)C=Cc1ccccc1OC(F)F. The van der Waals surface area contributed by atoms with Crippen LogP contribution >= 0.6 is 0 Å². The number of alkyl halides is 2. The minimum absolute atomic E-state index is 0.0164. The van der Waals surface area contributed by atoms with Crippen LogP contribution in [0.5, 0.6) is 11.5 Å². The van der Waals surface area contributed by atoms with Crippen molar-refractivity contribution < 1.29 is 23.0 Å². The maximum absolute atomic E-state index is 12.4. The highest BCUT2D eigenvalue weighted by atomic mass is 19.3. The lowest BCUT2D eigenvalue weighted by atomic mass is 10.0. The molecule has 3 nitrogen and oxygen atoms in total. The van der Waals surface area contributed by atoms with Crippen LogP contribution in [-0.2, 0) is 0 Å². The lowest BCUT2D eigenvalue weighted by molar-refractivity contribution is -0.0499. The van der Waals surface area contributed by atoms with Gasteiger partial charge >= 0.3 is 6.61 Å². The third-order valence-corrected chi connectivity index (χ3v) is 3.17. The summed E-state index contributed by atoms with van der Waals surface area (Å²) >= 11 is 0. The Balaban J connectivity index is 2.27. The van der Waals surface area contributed by atoms with Crippen LogP contribution in [0.15, 0.2) is 48.5 Å². The third-order valence-electron chi connectivity index (χ3n) is 3.17. The molecule has 0 radical (unpaired) electrons. The molecule has 0 N–H and O–H groups in total. The Morgan fingerprint density at radius 2 is 1.87 bits per heavy atom. The Kier molecular flexibility index (Phi) is 5.46. The van der Waals surface area contributed by atoms with Crippen molar-refractivity contribution in [2.45, 2.75) is 13.5 Å². The van der Waals surface area contributed by atoms with E-state index in [2.05, 4.69) is 4.74 Å². The zero-order chi connectivity index (χ0) is 16.8. The van der Waals surface area contributed by atoms with Crippen molar-refractivity contribution in [1.29, 1.82) is 0 Å². The predicted octanol–water partition coefficient (Wildman–Crippen LogP) is 4.50. The van der Waals surface area contributed by atoms with Crippen molar-refractivity contribution in [3.8, 4) is 11.5 Å². The van der Waals surface area contributed by atoms with Gasteiger partial charge in [0.1, 0.15) is 11.5 Å². The molecule has 0 aliphatic carbocycles. The van der Waals surface area contributed by atoms with E-state index in [1.807, 2.05) is 13.0 Å². The summed E-state index contributed by atoms with van der Waals surface area (Å²) in [5.74, 6) is 0.197. The van der Waals surface area contributed by atoms with Crippen LogP contribution in [0.25, 0.3) is 6.08 Å². The van der Waals surface area contributed by atoms with Crippen molar-refractivity contribution in [2.75, 3.05) is 7.11 Å². The van der Waals surface area contributed by atoms with Gasteiger partial charge in [-0.2, -0.15) is 8.78 Å². The minimum atomic E-state index is -2.92. The van der Waals surface area contributed by atoms with Crippen molar-refractivity contribution in [2.24, 2.45) is 0 Å². The van der Waals surface area contributed by atoms with E-state index in [-0.39, 0.29) is 11.5 Å². The van der Waals surface area contributed by atoms with Gasteiger partial charge < -0.3 is 9.47 Å². The number of carbonyl (C=O) groups excluding carboxylic acids is 1. The molecule has 0 atom stereocenters. The molecule has 0 saturated heterocycles. The van der Waals surface area contributed by atoms with E-state index in [0.29, 0.717) is 16.9 Å². The summed E-state index contributed by atoms with van der Waals surface area (Å²) in [5, 5.41) is 0. The van der Waals surface area contributed by atoms with Gasteiger partial charge in [0, 0.05) is 5.56 Å². The standard InChI is InChI=1S/C18H16F2O3/c1-12-7-10-17(22-2)14(11-12)15(21)9-8-13-5-3-4-6-16(13)23-18(19)20/h3-11,18H,1-2H3. The maximum Gasteiger partial charge on any atom is 0.387 e. The highest BCUT2D eigenvalue weighted by Gasteiger charge is 2.11. The molecule has 0 aromatic heterocycles. The number of benzene rings is 2. The Hall–Kier alpha value is -2.69. The number of ether oxygens (including phenoxy) is 2. The zero-order valence-electron chi connectivity index (χ0n) is 12.8. The lowest BCUT2D eigenvalue weighted by Crippen LogP contribution is -2.03. The van der Waals surface area contributed by atoms with Crippen LogP contribution in [0.1, 0.15) is 21.5 Å². The minimum Gasteiger partial charge on any atom is -0.496 e. The molecule has 0 saturated carbocycles. The normalized spacial score (nSPS) is 11.0. The first-order valence-electron chi connectivity index (χ1n) is 6.92. The van der Waals surface area contributed by atoms with E-state index in [1.54, 1.807) is 30.3 Å². The number of carbonyl (C=O) groups is 1. The smallest absolute Gasteiger partial charge is 0.387 e. The first-order valence-corrected chi connectivity index (χ1v) is 6.92. The number of hydrogen-bond donors (Lipinski definition) is 0. The maximum atomic E-state index is 12.4. The molecular weight excluding hydrogens is 302 g/mol. The number of rotatable bonds is 6. The highest BCUT2D eigenvalue weighted by Crippen LogP contribution is 2.24. The van der Waals surface area contributed by atoms with Crippen LogP contribution in [0, 0.1) is 6.92 Å². The quantitative estimate of drug-likeness (QED) is 0.581. The number of para-hydroxylation sites is 1. The van der Waals surface area contributed by atoms with E-state index < -0.39 is 6.61 Å². The molecule has 0 unspecified atom stereocenters. The third kappa shape index (κ3) is 4.39. The average Bonchev–Trinajstić information content (AvgIpc) is 2.53. The van der Waals surface area contributed by atoms with Crippen LogP contribution in [0.3, 0.4) is 0 Å². The molecule has 0 aliphatic rings. The number of ketones is 1. The van der Waals surface area contributed by atoms with Gasteiger partial charge in [0.15, 0.2) is 5.78 Å². The van der Waals surface area contributed by atoms with E-state index in [4.69, 9.17) is 4.74 Å². The van der Waals surface area contributed by atoms with Crippen LogP contribution < -0.4 is 9.47 Å². The molecule has 0 spiro atoms. The van der Waals surface area contributed by atoms with Crippen molar-refractivity contribution in [3.63, 3.8) is 0 Å². The molecule has 120 valence electrons. The van der Waals surface area contributed by atoms with Gasteiger partial charge in [0.25, 0.3) is 0 Å². The summed E-state index contributed by atoms with van der Waals surface area (Å²) in [6.07, 6.45) is 2.76. The Morgan fingerprint density at radius 3 is 2.57 bits per heavy atom. The summed E-state index contributed by atoms with van der Waals surface area (Å²) in [6.45, 7) is -1.05. The van der Waals surface area contributed by atoms with Gasteiger partial charge in [-0.25, -0.2) is 0 Å². The summed E-state index contributed by atoms with van der Waals surface area (Å²) in [4.78, 5) is 12.3. The summed E-state index contributed by atoms with van der Waals surface area (Å²) in [6, 6.07) is 11.5. The summed E-state index contributed by atoms with van der Waals surface area (Å²) in [7, 11) is 1.48. The highest BCUT2D eigenvalue weighted by molar-refractivity contribution is 6.08. The first-order chi connectivity index (χ1) is 11.0. The molecule has 23 heavy (non-hydrogen) atoms. The zero-order valence-corrected chi connectivity index (χ0v) is 12.8. The Bertz CT molecular complexity index is 724. The molecule has 0 heterocycles. The van der Waals surface area contributed by atoms with Crippen LogP contribution in [0.2, 0.25) is 0 Å². The van der Waals surface area contributed by atoms with Gasteiger partial charge in [-0.15, -0.1) is 0 Å². The van der Waals surface area contributed by atoms with E-state index in [9.17, 15) is 13.6 Å². The topological polar surface area (TPSA) is 35.5 Å². The fraction of sp³-hybridized carbons (Fsp3) is 0.167. The first kappa shape index (κ1) is 16.7. The molecule has 0 fully saturated rings. The molecule has 2 aromatic rings. The monoisotopic (exact) mass is 318 g/mol. The number of halogens is 2. The lowest BCUT2D eigenvalue weighted by Gasteiger charge is -2.08. The Labute approximate surface area is 133 Å². The summed E-state index contributed by atoms with van der Waals surface area (Å²) in [5.41, 5.74) is 1.73. The second kappa shape index (κ2) is 7.54. The number of methoxy groups -OCH3 is 1. The van der Waals surface area contributed by atoms with E-state index in [1.165, 1.54) is 25.3 Å². The van der Waals surface area contributed by atoms with Crippen LogP contribution in [-0.4, -0.2) is 19.5 Å². The second-order valence-electron chi connectivity index (χ2n) is 4.82. The van der Waals surface area contributed by atoms with Gasteiger partial charge in [-0.1, -0.05) is 29.8 Å². The molecule has 2 aromatic carbocycles. The van der Waals surface area contributed by atoms with Crippen molar-refractivity contribution in [1.82, 2.24) is 0 Å². The molecule has 0 amide bonds. The molecule has 5 heteroatoms. The molecule has 2 rings (SSSR count). The number of allylic oxidation sites excluding steroid dienone is 1. The fourth-order valence-corrected chi connectivity index (χ4v) is 2.09. The molecular formula is C18H16F2O3. The number of hydrogen-bond acceptors (Lipinski definition) is 3. The number of aryl methyl sites for hydroxylation is 1. The van der Waals surface area contributed by atoms with Crippen LogP contribution in [0.4, 0.5) is 8.78 Å². The second-order valence-corrected chi connectivity index (χ2v) is 4.82. The summed E-state index contributed by atoms with van der Waals surface area (Å²) < 4.78 is 34.4. The average molecular weight is 318 g/mol. The molecule has 0 bridgehead atoms. The largest absolute Gasteiger partial charge is 0.496 e. The van der Waals surface area contributed by atoms with Crippen molar-refractivity contribution in [3.05, 3.63) is 65.2 Å². The predicted molar refractivity (Wildman–Crippen MR) is 84.2 cm³/mol. The van der Waals surface area contributed by atoms with Gasteiger partial charge in [-0.3, -0.25) is 4.79 Å². The van der Waals surface area contributed by atoms with E-state index in [0.717, 1.165) is 5.56 Å². The Morgan fingerprint density at radius 1 is 1.13 bits per heavy atom. The molecule has 0 aliphatic heterocycles. The van der Waals surface area contributed by atoms with E-state index >= 15 is 0 Å². The van der Waals surface area contributed by atoms with Gasteiger partial charge in [-0.05, 0) is 37.3 Å². The van der Waals surface area contributed by atoms with Crippen molar-refractivity contribution >= 4 is 11.9 Å². The fourth-order valence-electron chi connectivity index (χ4n) is 2.09. The van der Waals surface area contributed by atoms with Gasteiger partial charge in [0.2, 0.25) is 0 Å².